The van der Waals surface area contributed by atoms with Crippen LogP contribution in [0.25, 0.3) is 0 Å². The molecule has 3 aliphatic rings. The smallest absolute Gasteiger partial charge is 0.183 e. The van der Waals surface area contributed by atoms with Crippen LogP contribution in [0, 0.1) is 16.7 Å². The van der Waals surface area contributed by atoms with Gasteiger partial charge in [-0.2, -0.15) is 0 Å². The third kappa shape index (κ3) is 2.65. The van der Waals surface area contributed by atoms with Gasteiger partial charge in [0.1, 0.15) is 6.54 Å². The number of rotatable bonds is 5. The number of nitrogens with zero attached hydrogens (tertiary/aromatic N) is 1. The molecular weight excluding hydrogens is 286 g/mol. The Hall–Kier alpha value is 0.170. The van der Waals surface area contributed by atoms with Gasteiger partial charge in [-0.25, -0.2) is 0 Å². The first-order chi connectivity index (χ1) is 9.44. The number of hydrogen-bond donors (Lipinski definition) is 1. The van der Waals surface area contributed by atoms with Gasteiger partial charge in [-0.3, -0.25) is 4.48 Å². The minimum absolute atomic E-state index is 0. The van der Waals surface area contributed by atoms with Crippen molar-refractivity contribution in [2.24, 2.45) is 16.7 Å². The quantitative estimate of drug-likeness (QED) is 0.711. The van der Waals surface area contributed by atoms with Gasteiger partial charge >= 0.3 is 0 Å². The average molecular weight is 318 g/mol. The van der Waals surface area contributed by atoms with Crippen molar-refractivity contribution in [3.05, 3.63) is 0 Å². The van der Waals surface area contributed by atoms with E-state index in [1.54, 1.807) is 0 Å². The van der Waals surface area contributed by atoms with Crippen molar-refractivity contribution in [3.8, 4) is 0 Å². The number of aliphatic hydroxyl groups excluding tert-OH is 1. The van der Waals surface area contributed by atoms with E-state index < -0.39 is 0 Å². The van der Waals surface area contributed by atoms with E-state index in [1.807, 2.05) is 0 Å². The molecule has 0 radical (unpaired) electrons. The van der Waals surface area contributed by atoms with E-state index in [1.165, 1.54) is 45.2 Å². The van der Waals surface area contributed by atoms with Crippen LogP contribution >= 0.6 is 0 Å². The summed E-state index contributed by atoms with van der Waals surface area (Å²) in [5, 5.41) is 9.35. The van der Waals surface area contributed by atoms with Crippen LogP contribution in [0.1, 0.15) is 52.9 Å². The van der Waals surface area contributed by atoms with Crippen LogP contribution < -0.4 is 12.4 Å². The fraction of sp³-hybridized carbons (Fsp3) is 1.00. The van der Waals surface area contributed by atoms with E-state index in [9.17, 15) is 5.11 Å². The predicted octanol–water partition coefficient (Wildman–Crippen LogP) is -0.218. The Labute approximate surface area is 136 Å². The molecule has 124 valence electrons. The van der Waals surface area contributed by atoms with Gasteiger partial charge in [0.05, 0.1) is 25.8 Å². The van der Waals surface area contributed by atoms with E-state index in [4.69, 9.17) is 4.74 Å². The lowest BCUT2D eigenvalue weighted by Gasteiger charge is -2.41. The molecular formula is C17H32ClNO2. The largest absolute Gasteiger partial charge is 1.00 e. The fourth-order valence-corrected chi connectivity index (χ4v) is 5.27. The maximum atomic E-state index is 9.35. The Morgan fingerprint density at radius 3 is 2.33 bits per heavy atom. The summed E-state index contributed by atoms with van der Waals surface area (Å²) in [5.74, 6) is 0.849. The SMILES string of the molecule is CC1(C)[C@H]2CC[C@]1(C)[C@H](OC[N+]1(CCO)CCCC1)C2.[Cl-]. The van der Waals surface area contributed by atoms with Crippen LogP contribution in [0.5, 0.6) is 0 Å². The molecule has 21 heavy (non-hydrogen) atoms. The Balaban J connectivity index is 0.00000161. The van der Waals surface area contributed by atoms with Crippen molar-refractivity contribution >= 4 is 0 Å². The number of aliphatic hydroxyl groups is 1. The Kier molecular flexibility index (Phi) is 5.00. The van der Waals surface area contributed by atoms with Gasteiger partial charge in [-0.1, -0.05) is 20.8 Å². The highest BCUT2D eigenvalue weighted by atomic mass is 35.5. The summed E-state index contributed by atoms with van der Waals surface area (Å²) >= 11 is 0. The van der Waals surface area contributed by atoms with E-state index >= 15 is 0 Å². The summed E-state index contributed by atoms with van der Waals surface area (Å²) < 4.78 is 7.47. The second kappa shape index (κ2) is 5.99. The number of quaternary nitrogens is 1. The molecule has 1 aliphatic heterocycles. The monoisotopic (exact) mass is 317 g/mol. The van der Waals surface area contributed by atoms with E-state index in [0.29, 0.717) is 23.5 Å². The number of halogens is 1. The summed E-state index contributed by atoms with van der Waals surface area (Å²) in [6.07, 6.45) is 6.99. The normalized spacial score (nSPS) is 39.4. The first-order valence-electron chi connectivity index (χ1n) is 8.51. The zero-order valence-corrected chi connectivity index (χ0v) is 14.7. The van der Waals surface area contributed by atoms with Gasteiger partial charge in [0.15, 0.2) is 6.73 Å². The molecule has 0 spiro atoms. The van der Waals surface area contributed by atoms with E-state index in [-0.39, 0.29) is 12.4 Å². The van der Waals surface area contributed by atoms with Gasteiger partial charge in [0, 0.05) is 12.8 Å². The molecule has 0 aromatic carbocycles. The maximum Gasteiger partial charge on any atom is 0.183 e. The van der Waals surface area contributed by atoms with Gasteiger partial charge in [-0.05, 0) is 36.0 Å². The number of likely N-dealkylation sites (tertiary alicyclic amines) is 1. The zero-order valence-electron chi connectivity index (χ0n) is 13.9. The Morgan fingerprint density at radius 1 is 1.19 bits per heavy atom. The average Bonchev–Trinajstić information content (AvgIpc) is 2.99. The first-order valence-corrected chi connectivity index (χ1v) is 8.51. The summed E-state index contributed by atoms with van der Waals surface area (Å²) in [7, 11) is 0. The molecule has 0 aromatic rings. The summed E-state index contributed by atoms with van der Waals surface area (Å²) in [6.45, 7) is 11.7. The molecule has 1 heterocycles. The fourth-order valence-electron chi connectivity index (χ4n) is 5.27. The number of hydrogen-bond acceptors (Lipinski definition) is 2. The molecule has 2 aliphatic carbocycles. The van der Waals surface area contributed by atoms with Gasteiger partial charge in [-0.15, -0.1) is 0 Å². The van der Waals surface area contributed by atoms with Crippen molar-refractivity contribution in [1.29, 1.82) is 0 Å². The molecule has 3 atom stereocenters. The summed E-state index contributed by atoms with van der Waals surface area (Å²) in [5.41, 5.74) is 0.797. The van der Waals surface area contributed by atoms with Crippen molar-refractivity contribution in [3.63, 3.8) is 0 Å². The lowest BCUT2D eigenvalue weighted by atomic mass is 9.70. The van der Waals surface area contributed by atoms with Crippen LogP contribution in [0.15, 0.2) is 0 Å². The van der Waals surface area contributed by atoms with Crippen molar-refractivity contribution in [2.45, 2.75) is 59.0 Å². The van der Waals surface area contributed by atoms with Crippen molar-refractivity contribution in [2.75, 3.05) is 33.0 Å². The standard InChI is InChI=1S/C17H32NO2.ClH/c1-16(2)14-6-7-17(16,3)15(12-14)20-13-18(10-11-19)8-4-5-9-18;/h14-15,19H,4-13H2,1-3H3;1H/q+1;/p-1/t14-,15+,17+;/m0./s1. The zero-order chi connectivity index (χ0) is 14.4. The van der Waals surface area contributed by atoms with Crippen LogP contribution in [-0.2, 0) is 4.74 Å². The second-order valence-electron chi connectivity index (χ2n) is 8.34. The van der Waals surface area contributed by atoms with Crippen LogP contribution in [-0.4, -0.2) is 48.7 Å². The van der Waals surface area contributed by atoms with Gasteiger partial charge in [0.2, 0.25) is 0 Å². The van der Waals surface area contributed by atoms with Crippen LogP contribution in [0.2, 0.25) is 0 Å². The highest BCUT2D eigenvalue weighted by Gasteiger charge is 2.62. The van der Waals surface area contributed by atoms with Crippen molar-refractivity contribution < 1.29 is 26.7 Å². The van der Waals surface area contributed by atoms with E-state index in [2.05, 4.69) is 20.8 Å². The molecule has 3 rings (SSSR count). The van der Waals surface area contributed by atoms with E-state index in [0.717, 1.165) is 23.7 Å². The molecule has 0 unspecified atom stereocenters. The van der Waals surface area contributed by atoms with Crippen LogP contribution in [0.4, 0.5) is 0 Å². The third-order valence-electron chi connectivity index (χ3n) is 7.35. The molecule has 0 aromatic heterocycles. The first kappa shape index (κ1) is 17.5. The third-order valence-corrected chi connectivity index (χ3v) is 7.35. The van der Waals surface area contributed by atoms with Gasteiger partial charge in [0.25, 0.3) is 0 Å². The summed E-state index contributed by atoms with van der Waals surface area (Å²) in [4.78, 5) is 0. The maximum absolute atomic E-state index is 9.35. The molecule has 4 heteroatoms. The molecule has 1 N–H and O–H groups in total. The Morgan fingerprint density at radius 2 is 1.86 bits per heavy atom. The molecule has 2 bridgehead atoms. The minimum Gasteiger partial charge on any atom is -1.00 e. The van der Waals surface area contributed by atoms with Crippen molar-refractivity contribution in [1.82, 2.24) is 0 Å². The molecule has 0 amide bonds. The van der Waals surface area contributed by atoms with Crippen LogP contribution in [0.3, 0.4) is 0 Å². The lowest BCUT2D eigenvalue weighted by Crippen LogP contribution is -3.00. The number of fused-ring (bicyclic) bond motifs is 2. The lowest BCUT2D eigenvalue weighted by molar-refractivity contribution is -0.936. The minimum atomic E-state index is 0. The Bertz CT molecular complexity index is 368. The highest BCUT2D eigenvalue weighted by molar-refractivity contribution is 5.11. The molecule has 3 nitrogen and oxygen atoms in total. The topological polar surface area (TPSA) is 29.5 Å². The molecule has 2 saturated carbocycles. The second-order valence-corrected chi connectivity index (χ2v) is 8.34. The predicted molar refractivity (Wildman–Crippen MR) is 80.2 cm³/mol. The molecule has 3 fully saturated rings. The van der Waals surface area contributed by atoms with Gasteiger partial charge < -0.3 is 22.3 Å². The summed E-state index contributed by atoms with van der Waals surface area (Å²) in [6, 6.07) is 0. The highest BCUT2D eigenvalue weighted by Crippen LogP contribution is 2.66. The number of ether oxygens (including phenoxy) is 1. The molecule has 1 saturated heterocycles.